The number of aryl methyl sites for hydroxylation is 3. The van der Waals surface area contributed by atoms with Crippen molar-refractivity contribution in [1.82, 2.24) is 19.7 Å². The molecule has 0 spiro atoms. The molecular formula is C19H24F3N5O2. The first kappa shape index (κ1) is 19.8. The molecule has 0 bridgehead atoms. The molecule has 0 radical (unpaired) electrons. The molecule has 4 rings (SSSR count). The standard InChI is InChI=1S/C19H24F3N5O2/c1-10-8-16-24-14(9-15(19(20,21)22)27(16)25-10)13-4-6-26(7-5-13)18(28)17-11(2)23-12(3)29-17/h8,13-15,24H,4-7,9H2,1-3H3/t14-,15+/m0/s1. The highest BCUT2D eigenvalue weighted by Crippen LogP contribution is 2.42. The van der Waals surface area contributed by atoms with Crippen LogP contribution in [0.4, 0.5) is 19.0 Å². The second kappa shape index (κ2) is 7.07. The Labute approximate surface area is 166 Å². The molecule has 2 atom stereocenters. The largest absolute Gasteiger partial charge is 0.436 e. The average Bonchev–Trinajstić information content (AvgIpc) is 3.19. The van der Waals surface area contributed by atoms with Crippen molar-refractivity contribution in [3.05, 3.63) is 29.1 Å². The van der Waals surface area contributed by atoms with Crippen LogP contribution in [0.3, 0.4) is 0 Å². The predicted octanol–water partition coefficient (Wildman–Crippen LogP) is 3.64. The van der Waals surface area contributed by atoms with Gasteiger partial charge in [0.15, 0.2) is 11.9 Å². The number of nitrogens with one attached hydrogen (secondary N) is 1. The molecule has 0 saturated carbocycles. The number of oxazole rings is 1. The third-order valence-corrected chi connectivity index (χ3v) is 5.84. The van der Waals surface area contributed by atoms with E-state index in [4.69, 9.17) is 4.42 Å². The zero-order valence-corrected chi connectivity index (χ0v) is 16.6. The molecule has 4 heterocycles. The monoisotopic (exact) mass is 411 g/mol. The van der Waals surface area contributed by atoms with E-state index in [1.807, 2.05) is 0 Å². The van der Waals surface area contributed by atoms with Crippen molar-refractivity contribution >= 4 is 11.7 Å². The summed E-state index contributed by atoms with van der Waals surface area (Å²) in [4.78, 5) is 18.5. The molecule has 1 fully saturated rings. The summed E-state index contributed by atoms with van der Waals surface area (Å²) >= 11 is 0. The van der Waals surface area contributed by atoms with E-state index in [0.29, 0.717) is 49.0 Å². The molecule has 0 unspecified atom stereocenters. The van der Waals surface area contributed by atoms with Crippen molar-refractivity contribution < 1.29 is 22.4 Å². The molecule has 2 aromatic heterocycles. The number of carbonyl (C=O) groups excluding carboxylic acids is 1. The molecule has 1 saturated heterocycles. The van der Waals surface area contributed by atoms with Gasteiger partial charge in [0.05, 0.1) is 11.4 Å². The van der Waals surface area contributed by atoms with Crippen molar-refractivity contribution in [3.8, 4) is 0 Å². The molecule has 1 amide bonds. The minimum atomic E-state index is -4.36. The molecule has 2 aliphatic heterocycles. The Kier molecular flexibility index (Phi) is 4.82. The van der Waals surface area contributed by atoms with Crippen LogP contribution in [0.25, 0.3) is 0 Å². The van der Waals surface area contributed by atoms with Gasteiger partial charge in [0.2, 0.25) is 5.76 Å². The summed E-state index contributed by atoms with van der Waals surface area (Å²) in [5, 5.41) is 7.27. The number of halogens is 3. The van der Waals surface area contributed by atoms with Gasteiger partial charge >= 0.3 is 6.18 Å². The van der Waals surface area contributed by atoms with Crippen LogP contribution >= 0.6 is 0 Å². The number of fused-ring (bicyclic) bond motifs is 1. The van der Waals surface area contributed by atoms with E-state index >= 15 is 0 Å². The van der Waals surface area contributed by atoms with E-state index in [-0.39, 0.29) is 30.0 Å². The molecule has 0 aromatic carbocycles. The van der Waals surface area contributed by atoms with Crippen LogP contribution in [0.1, 0.15) is 53.1 Å². The summed E-state index contributed by atoms with van der Waals surface area (Å²) in [6, 6.07) is -0.285. The SMILES string of the molecule is Cc1cc2n(n1)[C@@H](C(F)(F)F)C[C@@H](C1CCN(C(=O)c3oc(C)nc3C)CC1)N2. The highest BCUT2D eigenvalue weighted by molar-refractivity contribution is 5.92. The van der Waals surface area contributed by atoms with Crippen LogP contribution in [0.15, 0.2) is 10.5 Å². The average molecular weight is 411 g/mol. The summed E-state index contributed by atoms with van der Waals surface area (Å²) in [6.07, 6.45) is -3.15. The lowest BCUT2D eigenvalue weighted by Crippen LogP contribution is -2.47. The van der Waals surface area contributed by atoms with E-state index in [0.717, 1.165) is 4.68 Å². The fraction of sp³-hybridized carbons (Fsp3) is 0.632. The molecular weight excluding hydrogens is 387 g/mol. The summed E-state index contributed by atoms with van der Waals surface area (Å²) in [7, 11) is 0. The zero-order valence-electron chi connectivity index (χ0n) is 16.6. The lowest BCUT2D eigenvalue weighted by Gasteiger charge is -2.40. The Balaban J connectivity index is 1.45. The van der Waals surface area contributed by atoms with Crippen LogP contribution in [0.5, 0.6) is 0 Å². The van der Waals surface area contributed by atoms with Crippen LogP contribution in [0, 0.1) is 26.7 Å². The molecule has 10 heteroatoms. The number of piperidine rings is 1. The molecule has 2 aromatic rings. The molecule has 1 N–H and O–H groups in total. The van der Waals surface area contributed by atoms with Gasteiger partial charge in [0.1, 0.15) is 5.82 Å². The van der Waals surface area contributed by atoms with Crippen LogP contribution < -0.4 is 5.32 Å². The van der Waals surface area contributed by atoms with Crippen LogP contribution in [0.2, 0.25) is 0 Å². The second-order valence-electron chi connectivity index (χ2n) is 7.94. The smallest absolute Gasteiger partial charge is 0.410 e. The minimum absolute atomic E-state index is 0.0467. The summed E-state index contributed by atoms with van der Waals surface area (Å²) in [5.74, 6) is 0.934. The Morgan fingerprint density at radius 3 is 2.52 bits per heavy atom. The lowest BCUT2D eigenvalue weighted by atomic mass is 9.84. The first-order valence-electron chi connectivity index (χ1n) is 9.76. The third-order valence-electron chi connectivity index (χ3n) is 5.84. The highest BCUT2D eigenvalue weighted by atomic mass is 19.4. The number of likely N-dealkylation sites (tertiary alicyclic amines) is 1. The molecule has 7 nitrogen and oxygen atoms in total. The predicted molar refractivity (Wildman–Crippen MR) is 98.7 cm³/mol. The first-order valence-corrected chi connectivity index (χ1v) is 9.76. The van der Waals surface area contributed by atoms with Crippen LogP contribution in [-0.2, 0) is 0 Å². The molecule has 158 valence electrons. The summed E-state index contributed by atoms with van der Waals surface area (Å²) in [6.45, 7) is 6.07. The van der Waals surface area contributed by atoms with E-state index in [1.165, 1.54) is 0 Å². The first-order chi connectivity index (χ1) is 13.6. The number of nitrogens with zero attached hydrogens (tertiary/aromatic N) is 4. The van der Waals surface area contributed by atoms with Crippen molar-refractivity contribution in [1.29, 1.82) is 0 Å². The zero-order chi connectivity index (χ0) is 20.9. The van der Waals surface area contributed by atoms with Gasteiger partial charge in [0, 0.05) is 32.1 Å². The maximum atomic E-state index is 13.6. The summed E-state index contributed by atoms with van der Waals surface area (Å²) in [5.41, 5.74) is 1.11. The second-order valence-corrected chi connectivity index (χ2v) is 7.94. The lowest BCUT2D eigenvalue weighted by molar-refractivity contribution is -0.174. The molecule has 2 aliphatic rings. The summed E-state index contributed by atoms with van der Waals surface area (Å²) < 4.78 is 47.3. The van der Waals surface area contributed by atoms with Crippen molar-refractivity contribution in [2.75, 3.05) is 18.4 Å². The number of aromatic nitrogens is 3. The van der Waals surface area contributed by atoms with Gasteiger partial charge in [0.25, 0.3) is 5.91 Å². The Hall–Kier alpha value is -2.52. The number of rotatable bonds is 2. The van der Waals surface area contributed by atoms with E-state index in [2.05, 4.69) is 15.4 Å². The van der Waals surface area contributed by atoms with Gasteiger partial charge in [-0.2, -0.15) is 18.3 Å². The number of hydrogen-bond acceptors (Lipinski definition) is 5. The number of hydrogen-bond donors (Lipinski definition) is 1. The Morgan fingerprint density at radius 1 is 1.24 bits per heavy atom. The maximum Gasteiger partial charge on any atom is 0.410 e. The van der Waals surface area contributed by atoms with Crippen molar-refractivity contribution in [2.24, 2.45) is 5.92 Å². The quantitative estimate of drug-likeness (QED) is 0.817. The van der Waals surface area contributed by atoms with E-state index in [9.17, 15) is 18.0 Å². The van der Waals surface area contributed by atoms with Gasteiger partial charge in [-0.3, -0.25) is 4.79 Å². The minimum Gasteiger partial charge on any atom is -0.436 e. The highest BCUT2D eigenvalue weighted by Gasteiger charge is 2.47. The Bertz CT molecular complexity index is 912. The topological polar surface area (TPSA) is 76.2 Å². The number of alkyl halides is 3. The van der Waals surface area contributed by atoms with Gasteiger partial charge in [-0.25, -0.2) is 9.67 Å². The van der Waals surface area contributed by atoms with E-state index < -0.39 is 12.2 Å². The Morgan fingerprint density at radius 2 is 1.93 bits per heavy atom. The van der Waals surface area contributed by atoms with Crippen LogP contribution in [-0.4, -0.2) is 50.9 Å². The fourth-order valence-corrected chi connectivity index (χ4v) is 4.41. The third kappa shape index (κ3) is 3.72. The van der Waals surface area contributed by atoms with Gasteiger partial charge in [-0.1, -0.05) is 0 Å². The maximum absolute atomic E-state index is 13.6. The van der Waals surface area contributed by atoms with Gasteiger partial charge in [-0.05, 0) is 39.0 Å². The number of carbonyl (C=O) groups is 1. The normalized spacial score (nSPS) is 23.0. The van der Waals surface area contributed by atoms with E-state index in [1.54, 1.807) is 31.7 Å². The number of amides is 1. The van der Waals surface area contributed by atoms with Gasteiger partial charge < -0.3 is 14.6 Å². The molecule has 0 aliphatic carbocycles. The molecule has 29 heavy (non-hydrogen) atoms. The number of anilines is 1. The van der Waals surface area contributed by atoms with Gasteiger partial charge in [-0.15, -0.1) is 0 Å². The van der Waals surface area contributed by atoms with Crippen molar-refractivity contribution in [2.45, 2.75) is 58.3 Å². The van der Waals surface area contributed by atoms with Crippen molar-refractivity contribution in [3.63, 3.8) is 0 Å². The fourth-order valence-electron chi connectivity index (χ4n) is 4.41.